The molecule has 2 aromatic rings. The van der Waals surface area contributed by atoms with Gasteiger partial charge in [0.05, 0.1) is 6.61 Å². The molecule has 1 heterocycles. The molecule has 3 rings (SSSR count). The Morgan fingerprint density at radius 1 is 1.19 bits per heavy atom. The number of hydrogen-bond acceptors (Lipinski definition) is 2. The van der Waals surface area contributed by atoms with Gasteiger partial charge in [-0.15, -0.1) is 0 Å². The van der Waals surface area contributed by atoms with Crippen LogP contribution in [-0.2, 0) is 12.8 Å². The van der Waals surface area contributed by atoms with E-state index in [-0.39, 0.29) is 18.0 Å². The normalized spacial score (nSPS) is 14.6. The number of likely N-dealkylation sites (N-methyl/N-ethyl adjacent to an activating group) is 1. The van der Waals surface area contributed by atoms with Crippen molar-refractivity contribution in [2.75, 3.05) is 13.7 Å². The van der Waals surface area contributed by atoms with Gasteiger partial charge in [-0.3, -0.25) is 0 Å². The van der Waals surface area contributed by atoms with E-state index in [1.807, 2.05) is 12.1 Å². The summed E-state index contributed by atoms with van der Waals surface area (Å²) in [5.74, 6) is -0.0924. The van der Waals surface area contributed by atoms with Crippen LogP contribution in [0.25, 0.3) is 0 Å². The predicted octanol–water partition coefficient (Wildman–Crippen LogP) is 3.40. The Morgan fingerprint density at radius 2 is 1.95 bits per heavy atom. The summed E-state index contributed by atoms with van der Waals surface area (Å²) in [6, 6.07) is 9.77. The Bertz CT molecular complexity index is 637. The maximum atomic E-state index is 13.8. The zero-order chi connectivity index (χ0) is 14.8. The van der Waals surface area contributed by atoms with Gasteiger partial charge in [0, 0.05) is 18.0 Å². The average Bonchev–Trinajstić information content (AvgIpc) is 2.94. The summed E-state index contributed by atoms with van der Waals surface area (Å²) in [4.78, 5) is 0. The molecule has 0 aliphatic carbocycles. The number of ether oxygens (including phenoxy) is 1. The van der Waals surface area contributed by atoms with Gasteiger partial charge in [0.15, 0.2) is 0 Å². The molecule has 0 spiro atoms. The number of nitrogens with one attached hydrogen (secondary N) is 1. The van der Waals surface area contributed by atoms with Gasteiger partial charge in [-0.2, -0.15) is 0 Å². The molecule has 0 saturated heterocycles. The van der Waals surface area contributed by atoms with Gasteiger partial charge in [0.25, 0.3) is 0 Å². The third-order valence-corrected chi connectivity index (χ3v) is 3.93. The molecule has 1 N–H and O–H groups in total. The number of rotatable bonds is 4. The van der Waals surface area contributed by atoms with Crippen molar-refractivity contribution in [1.29, 1.82) is 0 Å². The van der Waals surface area contributed by atoms with Crippen LogP contribution in [0.1, 0.15) is 22.7 Å². The Labute approximate surface area is 122 Å². The van der Waals surface area contributed by atoms with E-state index in [1.165, 1.54) is 18.2 Å². The fraction of sp³-hybridized carbons (Fsp3) is 0.294. The van der Waals surface area contributed by atoms with Crippen LogP contribution < -0.4 is 10.1 Å². The Morgan fingerprint density at radius 3 is 2.67 bits per heavy atom. The molecular weight excluding hydrogens is 272 g/mol. The van der Waals surface area contributed by atoms with Gasteiger partial charge in [-0.25, -0.2) is 8.78 Å². The summed E-state index contributed by atoms with van der Waals surface area (Å²) in [5.41, 5.74) is 2.29. The molecule has 0 bridgehead atoms. The van der Waals surface area contributed by atoms with Crippen molar-refractivity contribution in [1.82, 2.24) is 5.32 Å². The van der Waals surface area contributed by atoms with Gasteiger partial charge in [-0.1, -0.05) is 18.2 Å². The summed E-state index contributed by atoms with van der Waals surface area (Å²) in [7, 11) is 1.80. The largest absolute Gasteiger partial charge is 0.493 e. The molecule has 0 amide bonds. The van der Waals surface area contributed by atoms with Gasteiger partial charge in [-0.05, 0) is 42.8 Å². The second-order valence-electron chi connectivity index (χ2n) is 5.21. The number of benzene rings is 2. The molecule has 21 heavy (non-hydrogen) atoms. The first-order valence-electron chi connectivity index (χ1n) is 7.05. The third kappa shape index (κ3) is 2.76. The van der Waals surface area contributed by atoms with Crippen molar-refractivity contribution in [2.24, 2.45) is 0 Å². The van der Waals surface area contributed by atoms with E-state index in [0.717, 1.165) is 23.3 Å². The summed E-state index contributed by atoms with van der Waals surface area (Å²) < 4.78 is 33.1. The van der Waals surface area contributed by atoms with Gasteiger partial charge >= 0.3 is 0 Å². The van der Waals surface area contributed by atoms with Crippen molar-refractivity contribution in [3.63, 3.8) is 0 Å². The lowest BCUT2D eigenvalue weighted by Gasteiger charge is -2.18. The fourth-order valence-corrected chi connectivity index (χ4v) is 2.74. The molecule has 0 saturated carbocycles. The number of hydrogen-bond donors (Lipinski definition) is 1. The lowest BCUT2D eigenvalue weighted by atomic mass is 9.96. The van der Waals surface area contributed by atoms with Crippen molar-refractivity contribution >= 4 is 0 Å². The quantitative estimate of drug-likeness (QED) is 0.931. The van der Waals surface area contributed by atoms with E-state index in [2.05, 4.69) is 11.4 Å². The molecule has 2 aromatic carbocycles. The van der Waals surface area contributed by atoms with Gasteiger partial charge < -0.3 is 10.1 Å². The molecule has 0 fully saturated rings. The Hall–Kier alpha value is -1.94. The molecule has 1 aliphatic rings. The highest BCUT2D eigenvalue weighted by atomic mass is 19.1. The van der Waals surface area contributed by atoms with Crippen LogP contribution in [-0.4, -0.2) is 13.7 Å². The zero-order valence-electron chi connectivity index (χ0n) is 11.8. The molecule has 1 unspecified atom stereocenters. The van der Waals surface area contributed by atoms with Crippen LogP contribution in [0.5, 0.6) is 5.75 Å². The van der Waals surface area contributed by atoms with E-state index in [1.54, 1.807) is 7.05 Å². The molecule has 4 heteroatoms. The minimum absolute atomic E-state index is 0.119. The average molecular weight is 289 g/mol. The molecule has 1 aliphatic heterocycles. The maximum Gasteiger partial charge on any atom is 0.129 e. The van der Waals surface area contributed by atoms with E-state index in [9.17, 15) is 8.78 Å². The van der Waals surface area contributed by atoms with E-state index >= 15 is 0 Å². The van der Waals surface area contributed by atoms with Crippen molar-refractivity contribution in [3.8, 4) is 5.75 Å². The van der Waals surface area contributed by atoms with Crippen LogP contribution in [0.15, 0.2) is 36.4 Å². The highest BCUT2D eigenvalue weighted by Crippen LogP contribution is 2.30. The van der Waals surface area contributed by atoms with Crippen LogP contribution in [0, 0.1) is 11.6 Å². The molecule has 110 valence electrons. The second-order valence-corrected chi connectivity index (χ2v) is 5.21. The fourth-order valence-electron chi connectivity index (χ4n) is 2.74. The molecule has 2 nitrogen and oxygen atoms in total. The standard InChI is InChI=1S/C17H17F2NO/c1-20-16(10-13-14(18)3-2-4-15(13)19)11-5-6-17-12(9-11)7-8-21-17/h2-6,9,16,20H,7-8,10H2,1H3. The molecule has 1 atom stereocenters. The topological polar surface area (TPSA) is 21.3 Å². The van der Waals surface area contributed by atoms with Crippen LogP contribution in [0.2, 0.25) is 0 Å². The SMILES string of the molecule is CNC(Cc1c(F)cccc1F)c1ccc2c(c1)CCO2. The smallest absolute Gasteiger partial charge is 0.129 e. The number of fused-ring (bicyclic) bond motifs is 1. The molecular formula is C17H17F2NO. The first-order valence-corrected chi connectivity index (χ1v) is 7.05. The monoisotopic (exact) mass is 289 g/mol. The lowest BCUT2D eigenvalue weighted by molar-refractivity contribution is 0.356. The summed E-state index contributed by atoms with van der Waals surface area (Å²) >= 11 is 0. The summed E-state index contributed by atoms with van der Waals surface area (Å²) in [6.45, 7) is 0.699. The maximum absolute atomic E-state index is 13.8. The van der Waals surface area contributed by atoms with E-state index < -0.39 is 11.6 Å². The summed E-state index contributed by atoms with van der Waals surface area (Å²) in [6.07, 6.45) is 1.16. The zero-order valence-corrected chi connectivity index (χ0v) is 11.8. The highest BCUT2D eigenvalue weighted by molar-refractivity contribution is 5.41. The minimum Gasteiger partial charge on any atom is -0.493 e. The van der Waals surface area contributed by atoms with Crippen molar-refractivity contribution in [3.05, 3.63) is 64.7 Å². The third-order valence-electron chi connectivity index (χ3n) is 3.93. The van der Waals surface area contributed by atoms with Crippen LogP contribution in [0.4, 0.5) is 8.78 Å². The lowest BCUT2D eigenvalue weighted by Crippen LogP contribution is -2.20. The van der Waals surface area contributed by atoms with Gasteiger partial charge in [0.1, 0.15) is 17.4 Å². The Kier molecular flexibility index (Phi) is 3.88. The molecule has 0 radical (unpaired) electrons. The highest BCUT2D eigenvalue weighted by Gasteiger charge is 2.19. The summed E-state index contributed by atoms with van der Waals surface area (Å²) in [5, 5.41) is 3.14. The van der Waals surface area contributed by atoms with Crippen molar-refractivity contribution in [2.45, 2.75) is 18.9 Å². The molecule has 0 aromatic heterocycles. The first-order chi connectivity index (χ1) is 10.2. The Balaban J connectivity index is 1.89. The first kappa shape index (κ1) is 14.0. The minimum atomic E-state index is -0.500. The van der Waals surface area contributed by atoms with E-state index in [4.69, 9.17) is 4.74 Å². The van der Waals surface area contributed by atoms with E-state index in [0.29, 0.717) is 6.61 Å². The van der Waals surface area contributed by atoms with Crippen LogP contribution >= 0.6 is 0 Å². The number of halogens is 2. The second kappa shape index (κ2) is 5.82. The van der Waals surface area contributed by atoms with Crippen LogP contribution in [0.3, 0.4) is 0 Å². The van der Waals surface area contributed by atoms with Gasteiger partial charge in [0.2, 0.25) is 0 Å². The predicted molar refractivity (Wildman–Crippen MR) is 77.5 cm³/mol. The van der Waals surface area contributed by atoms with Crippen molar-refractivity contribution < 1.29 is 13.5 Å².